The molecule has 1 atom stereocenters. The van der Waals surface area contributed by atoms with Crippen molar-refractivity contribution >= 4 is 5.97 Å². The van der Waals surface area contributed by atoms with Crippen LogP contribution in [-0.2, 0) is 9.53 Å². The van der Waals surface area contributed by atoms with Crippen LogP contribution in [0.2, 0.25) is 0 Å². The maximum Gasteiger partial charge on any atom is 0.303 e. The van der Waals surface area contributed by atoms with Gasteiger partial charge in [-0.05, 0) is 6.42 Å². The minimum atomic E-state index is -0.905. The van der Waals surface area contributed by atoms with E-state index in [4.69, 9.17) is 14.9 Å². The summed E-state index contributed by atoms with van der Waals surface area (Å²) in [6, 6.07) is 0. The van der Waals surface area contributed by atoms with Crippen LogP contribution in [0.3, 0.4) is 0 Å². The summed E-state index contributed by atoms with van der Waals surface area (Å²) in [7, 11) is 0. The highest BCUT2D eigenvalue weighted by Crippen LogP contribution is 1.97. The van der Waals surface area contributed by atoms with Crippen molar-refractivity contribution in [2.45, 2.75) is 18.9 Å². The van der Waals surface area contributed by atoms with Gasteiger partial charge in [0.1, 0.15) is 0 Å². The summed E-state index contributed by atoms with van der Waals surface area (Å²) in [5.41, 5.74) is 0. The van der Waals surface area contributed by atoms with E-state index in [0.29, 0.717) is 6.61 Å². The molecule has 4 nitrogen and oxygen atoms in total. The van der Waals surface area contributed by atoms with Gasteiger partial charge in [0, 0.05) is 6.42 Å². The van der Waals surface area contributed by atoms with Crippen molar-refractivity contribution in [3.63, 3.8) is 0 Å². The molecule has 0 saturated carbocycles. The third kappa shape index (κ3) is 7.24. The summed E-state index contributed by atoms with van der Waals surface area (Å²) in [4.78, 5) is 10.1. The van der Waals surface area contributed by atoms with Crippen molar-refractivity contribution in [3.8, 4) is 0 Å². The van der Waals surface area contributed by atoms with Crippen LogP contribution in [-0.4, -0.2) is 35.5 Å². The van der Waals surface area contributed by atoms with Crippen LogP contribution in [0.25, 0.3) is 0 Å². The van der Waals surface area contributed by atoms with Gasteiger partial charge >= 0.3 is 5.97 Å². The Hall–Kier alpha value is -0.870. The van der Waals surface area contributed by atoms with Crippen molar-refractivity contribution in [2.75, 3.05) is 13.2 Å². The van der Waals surface area contributed by atoms with Gasteiger partial charge in [0.15, 0.2) is 0 Å². The van der Waals surface area contributed by atoms with E-state index in [2.05, 4.69) is 6.58 Å². The molecule has 0 aromatic heterocycles. The van der Waals surface area contributed by atoms with Crippen LogP contribution < -0.4 is 0 Å². The van der Waals surface area contributed by atoms with E-state index in [1.807, 2.05) is 0 Å². The average molecular weight is 174 g/mol. The second-order valence-corrected chi connectivity index (χ2v) is 2.41. The molecule has 0 spiro atoms. The Labute approximate surface area is 71.5 Å². The zero-order chi connectivity index (χ0) is 9.40. The molecule has 0 bridgehead atoms. The molecule has 4 heteroatoms. The van der Waals surface area contributed by atoms with Gasteiger partial charge in [0.05, 0.1) is 19.3 Å². The number of carbonyl (C=O) groups is 1. The van der Waals surface area contributed by atoms with E-state index in [9.17, 15) is 4.79 Å². The second kappa shape index (κ2) is 6.82. The number of aliphatic hydroxyl groups is 1. The molecule has 0 radical (unpaired) electrons. The lowest BCUT2D eigenvalue weighted by Gasteiger charge is -2.07. The van der Waals surface area contributed by atoms with Crippen molar-refractivity contribution in [3.05, 3.63) is 12.7 Å². The summed E-state index contributed by atoms with van der Waals surface area (Å²) >= 11 is 0. The van der Waals surface area contributed by atoms with Gasteiger partial charge in [-0.25, -0.2) is 0 Å². The van der Waals surface area contributed by atoms with Crippen LogP contribution in [0.5, 0.6) is 0 Å². The fraction of sp³-hybridized carbons (Fsp3) is 0.625. The van der Waals surface area contributed by atoms with Gasteiger partial charge in [-0.15, -0.1) is 6.58 Å². The Morgan fingerprint density at radius 2 is 2.33 bits per heavy atom. The van der Waals surface area contributed by atoms with Crippen molar-refractivity contribution in [1.82, 2.24) is 0 Å². The summed E-state index contributed by atoms with van der Waals surface area (Å²) in [6.07, 6.45) is 1.08. The standard InChI is InChI=1S/C8H14O4/c1-2-5-12-6-7(9)3-4-8(10)11/h2,7,9H,1,3-6H2,(H,10,11). The first-order valence-corrected chi connectivity index (χ1v) is 3.75. The molecule has 0 aromatic rings. The number of hydrogen-bond donors (Lipinski definition) is 2. The van der Waals surface area contributed by atoms with E-state index < -0.39 is 12.1 Å². The molecule has 0 amide bonds. The van der Waals surface area contributed by atoms with Gasteiger partial charge < -0.3 is 14.9 Å². The number of aliphatic carboxylic acids is 1. The number of ether oxygens (including phenoxy) is 1. The van der Waals surface area contributed by atoms with E-state index >= 15 is 0 Å². The first-order chi connectivity index (χ1) is 5.66. The van der Waals surface area contributed by atoms with Gasteiger partial charge in [0.25, 0.3) is 0 Å². The molecule has 0 heterocycles. The summed E-state index contributed by atoms with van der Waals surface area (Å²) in [5, 5.41) is 17.4. The third-order valence-corrected chi connectivity index (χ3v) is 1.24. The molecule has 0 aliphatic rings. The van der Waals surface area contributed by atoms with E-state index in [1.54, 1.807) is 6.08 Å². The molecule has 70 valence electrons. The lowest BCUT2D eigenvalue weighted by molar-refractivity contribution is -0.137. The third-order valence-electron chi connectivity index (χ3n) is 1.24. The highest BCUT2D eigenvalue weighted by molar-refractivity contribution is 5.66. The van der Waals surface area contributed by atoms with Crippen molar-refractivity contribution in [2.24, 2.45) is 0 Å². The summed E-state index contributed by atoms with van der Waals surface area (Å²) in [5.74, 6) is -0.905. The molecule has 12 heavy (non-hydrogen) atoms. The van der Waals surface area contributed by atoms with Crippen LogP contribution in [0, 0.1) is 0 Å². The highest BCUT2D eigenvalue weighted by Gasteiger charge is 2.06. The number of hydrogen-bond acceptors (Lipinski definition) is 3. The Morgan fingerprint density at radius 3 is 2.83 bits per heavy atom. The Kier molecular flexibility index (Phi) is 6.32. The smallest absolute Gasteiger partial charge is 0.303 e. The average Bonchev–Trinajstić information content (AvgIpc) is 2.01. The minimum absolute atomic E-state index is 0.0292. The molecule has 0 aliphatic heterocycles. The molecule has 0 saturated heterocycles. The largest absolute Gasteiger partial charge is 0.481 e. The molecule has 0 aliphatic carbocycles. The SMILES string of the molecule is C=CCOCC(O)CCC(=O)O. The number of rotatable bonds is 7. The lowest BCUT2D eigenvalue weighted by atomic mass is 10.2. The summed E-state index contributed by atoms with van der Waals surface area (Å²) in [6.45, 7) is 3.98. The molecule has 0 fully saturated rings. The number of aliphatic hydroxyl groups excluding tert-OH is 1. The van der Waals surface area contributed by atoms with Crippen LogP contribution in [0.1, 0.15) is 12.8 Å². The molecule has 0 rings (SSSR count). The maximum absolute atomic E-state index is 10.1. The molecule has 1 unspecified atom stereocenters. The quantitative estimate of drug-likeness (QED) is 0.433. The van der Waals surface area contributed by atoms with Gasteiger partial charge in [0.2, 0.25) is 0 Å². The van der Waals surface area contributed by atoms with Crippen molar-refractivity contribution in [1.29, 1.82) is 0 Å². The lowest BCUT2D eigenvalue weighted by Crippen LogP contribution is -2.16. The van der Waals surface area contributed by atoms with Crippen LogP contribution in [0.4, 0.5) is 0 Å². The fourth-order valence-corrected chi connectivity index (χ4v) is 0.661. The Bertz CT molecular complexity index is 144. The van der Waals surface area contributed by atoms with E-state index in [1.165, 1.54) is 0 Å². The molecular weight excluding hydrogens is 160 g/mol. The van der Waals surface area contributed by atoms with Gasteiger partial charge in [-0.1, -0.05) is 6.08 Å². The van der Waals surface area contributed by atoms with Gasteiger partial charge in [-0.3, -0.25) is 4.79 Å². The van der Waals surface area contributed by atoms with Crippen LogP contribution in [0.15, 0.2) is 12.7 Å². The summed E-state index contributed by atoms with van der Waals surface area (Å²) < 4.78 is 4.92. The molecule has 0 aromatic carbocycles. The highest BCUT2D eigenvalue weighted by atomic mass is 16.5. The predicted octanol–water partition coefficient (Wildman–Crippen LogP) is 0.415. The van der Waals surface area contributed by atoms with Crippen LogP contribution >= 0.6 is 0 Å². The van der Waals surface area contributed by atoms with E-state index in [0.717, 1.165) is 0 Å². The fourth-order valence-electron chi connectivity index (χ4n) is 0.661. The maximum atomic E-state index is 10.1. The first kappa shape index (κ1) is 11.1. The van der Waals surface area contributed by atoms with Crippen molar-refractivity contribution < 1.29 is 19.7 Å². The number of carboxylic acid groups (broad SMARTS) is 1. The zero-order valence-corrected chi connectivity index (χ0v) is 6.90. The number of carboxylic acids is 1. The Balaban J connectivity index is 3.26. The monoisotopic (exact) mass is 174 g/mol. The predicted molar refractivity (Wildman–Crippen MR) is 43.9 cm³/mol. The molecular formula is C8H14O4. The second-order valence-electron chi connectivity index (χ2n) is 2.41. The minimum Gasteiger partial charge on any atom is -0.481 e. The first-order valence-electron chi connectivity index (χ1n) is 3.75. The zero-order valence-electron chi connectivity index (χ0n) is 6.90. The molecule has 2 N–H and O–H groups in total. The van der Waals surface area contributed by atoms with E-state index in [-0.39, 0.29) is 19.4 Å². The van der Waals surface area contributed by atoms with Gasteiger partial charge in [-0.2, -0.15) is 0 Å². The normalized spacial score (nSPS) is 12.4. The Morgan fingerprint density at radius 1 is 1.67 bits per heavy atom. The topological polar surface area (TPSA) is 66.8 Å².